The van der Waals surface area contributed by atoms with Crippen molar-refractivity contribution in [3.63, 3.8) is 0 Å². The Kier molecular flexibility index (Phi) is 6.09. The molecule has 0 aromatic heterocycles. The van der Waals surface area contributed by atoms with E-state index in [1.54, 1.807) is 5.32 Å². The van der Waals surface area contributed by atoms with Crippen LogP contribution in [0.15, 0.2) is 0 Å². The SMILES string of the molecule is O=C(O)C[C@@H](NC(=O)COCC(F)(F)F)C(=O)O. The summed E-state index contributed by atoms with van der Waals surface area (Å²) in [5.74, 6) is -4.23. The second-order valence-corrected chi connectivity index (χ2v) is 3.16. The summed E-state index contributed by atoms with van der Waals surface area (Å²) in [5.41, 5.74) is 0. The van der Waals surface area contributed by atoms with Crippen LogP contribution in [0.4, 0.5) is 13.2 Å². The zero-order valence-electron chi connectivity index (χ0n) is 8.86. The monoisotopic (exact) mass is 273 g/mol. The van der Waals surface area contributed by atoms with Crippen molar-refractivity contribution in [3.8, 4) is 0 Å². The van der Waals surface area contributed by atoms with Gasteiger partial charge in [-0.05, 0) is 0 Å². The molecule has 0 aliphatic rings. The molecule has 0 bridgehead atoms. The van der Waals surface area contributed by atoms with Crippen LogP contribution in [0.3, 0.4) is 0 Å². The summed E-state index contributed by atoms with van der Waals surface area (Å²) in [7, 11) is 0. The number of carboxylic acids is 2. The van der Waals surface area contributed by atoms with E-state index in [2.05, 4.69) is 4.74 Å². The third-order valence-corrected chi connectivity index (χ3v) is 1.51. The molecule has 0 spiro atoms. The van der Waals surface area contributed by atoms with Crippen molar-refractivity contribution >= 4 is 17.8 Å². The summed E-state index contributed by atoms with van der Waals surface area (Å²) in [5, 5.41) is 18.6. The normalized spacial score (nSPS) is 12.8. The lowest BCUT2D eigenvalue weighted by molar-refractivity contribution is -0.176. The van der Waals surface area contributed by atoms with E-state index in [1.165, 1.54) is 0 Å². The number of carboxylic acid groups (broad SMARTS) is 2. The lowest BCUT2D eigenvalue weighted by Crippen LogP contribution is -2.44. The number of halogens is 3. The van der Waals surface area contributed by atoms with Crippen LogP contribution in [-0.4, -0.2) is 53.5 Å². The largest absolute Gasteiger partial charge is 0.481 e. The lowest BCUT2D eigenvalue weighted by atomic mass is 10.2. The number of aliphatic carboxylic acids is 2. The van der Waals surface area contributed by atoms with Crippen molar-refractivity contribution in [3.05, 3.63) is 0 Å². The van der Waals surface area contributed by atoms with Crippen LogP contribution in [0.2, 0.25) is 0 Å². The Balaban J connectivity index is 4.11. The first kappa shape index (κ1) is 16.2. The molecule has 0 rings (SSSR count). The predicted octanol–water partition coefficient (Wildman–Crippen LogP) is -0.391. The number of alkyl halides is 3. The molecule has 1 amide bonds. The Morgan fingerprint density at radius 2 is 1.78 bits per heavy atom. The molecule has 10 heteroatoms. The minimum atomic E-state index is -4.60. The fourth-order valence-corrected chi connectivity index (χ4v) is 0.870. The van der Waals surface area contributed by atoms with Gasteiger partial charge in [-0.1, -0.05) is 0 Å². The quantitative estimate of drug-likeness (QED) is 0.582. The van der Waals surface area contributed by atoms with Gasteiger partial charge in [0.2, 0.25) is 5.91 Å². The standard InChI is InChI=1S/C8H10F3NO6/c9-8(10,11)3-18-2-5(13)12-4(7(16)17)1-6(14)15/h4H,1-3H2,(H,12,13)(H,14,15)(H,16,17)/t4-/m1/s1. The molecule has 0 heterocycles. The lowest BCUT2D eigenvalue weighted by Gasteiger charge is -2.12. The molecular formula is C8H10F3NO6. The maximum atomic E-state index is 11.6. The number of carbonyl (C=O) groups excluding carboxylic acids is 1. The molecule has 0 radical (unpaired) electrons. The first-order chi connectivity index (χ1) is 8.11. The first-order valence-electron chi connectivity index (χ1n) is 4.50. The van der Waals surface area contributed by atoms with E-state index in [4.69, 9.17) is 10.2 Å². The molecule has 0 unspecified atom stereocenters. The number of ether oxygens (including phenoxy) is 1. The second-order valence-electron chi connectivity index (χ2n) is 3.16. The molecule has 104 valence electrons. The number of hydrogen-bond acceptors (Lipinski definition) is 4. The van der Waals surface area contributed by atoms with Gasteiger partial charge in [-0.25, -0.2) is 4.79 Å². The van der Waals surface area contributed by atoms with Crippen LogP contribution < -0.4 is 5.32 Å². The third-order valence-electron chi connectivity index (χ3n) is 1.51. The Labute approximate surface area is 98.5 Å². The zero-order chi connectivity index (χ0) is 14.3. The van der Waals surface area contributed by atoms with E-state index < -0.39 is 49.7 Å². The topological polar surface area (TPSA) is 113 Å². The van der Waals surface area contributed by atoms with Crippen LogP contribution in [-0.2, 0) is 19.1 Å². The van der Waals surface area contributed by atoms with Gasteiger partial charge in [0, 0.05) is 0 Å². The first-order valence-corrected chi connectivity index (χ1v) is 4.50. The molecule has 0 saturated heterocycles. The number of rotatable bonds is 7. The van der Waals surface area contributed by atoms with Crippen LogP contribution >= 0.6 is 0 Å². The maximum Gasteiger partial charge on any atom is 0.411 e. The Bertz CT molecular complexity index is 329. The highest BCUT2D eigenvalue weighted by Gasteiger charge is 2.28. The van der Waals surface area contributed by atoms with Gasteiger partial charge in [0.05, 0.1) is 6.42 Å². The minimum Gasteiger partial charge on any atom is -0.481 e. The third kappa shape index (κ3) is 8.33. The van der Waals surface area contributed by atoms with Gasteiger partial charge in [0.15, 0.2) is 0 Å². The van der Waals surface area contributed by atoms with Gasteiger partial charge < -0.3 is 20.3 Å². The number of carbonyl (C=O) groups is 3. The average molecular weight is 273 g/mol. The van der Waals surface area contributed by atoms with Gasteiger partial charge in [0.25, 0.3) is 0 Å². The van der Waals surface area contributed by atoms with E-state index in [9.17, 15) is 27.6 Å². The van der Waals surface area contributed by atoms with Crippen LogP contribution in [0, 0.1) is 0 Å². The average Bonchev–Trinajstić information content (AvgIpc) is 2.13. The van der Waals surface area contributed by atoms with E-state index in [-0.39, 0.29) is 0 Å². The van der Waals surface area contributed by atoms with Crippen molar-refractivity contribution in [2.24, 2.45) is 0 Å². The predicted molar refractivity (Wildman–Crippen MR) is 48.7 cm³/mol. The molecule has 7 nitrogen and oxygen atoms in total. The van der Waals surface area contributed by atoms with Crippen molar-refractivity contribution in [2.75, 3.05) is 13.2 Å². The summed E-state index contributed by atoms with van der Waals surface area (Å²) in [6.45, 7) is -2.67. The van der Waals surface area contributed by atoms with Crippen molar-refractivity contribution < 1.29 is 42.5 Å². The van der Waals surface area contributed by atoms with Gasteiger partial charge >= 0.3 is 18.1 Å². The van der Waals surface area contributed by atoms with Crippen LogP contribution in [0.5, 0.6) is 0 Å². The van der Waals surface area contributed by atoms with Crippen LogP contribution in [0.25, 0.3) is 0 Å². The van der Waals surface area contributed by atoms with Gasteiger partial charge in [-0.3, -0.25) is 9.59 Å². The Morgan fingerprint density at radius 1 is 1.22 bits per heavy atom. The highest BCUT2D eigenvalue weighted by molar-refractivity contribution is 5.87. The summed E-state index contributed by atoms with van der Waals surface area (Å²) in [4.78, 5) is 31.7. The number of nitrogens with one attached hydrogen (secondary N) is 1. The Morgan fingerprint density at radius 3 is 2.17 bits per heavy atom. The maximum absolute atomic E-state index is 11.6. The van der Waals surface area contributed by atoms with E-state index in [0.29, 0.717) is 0 Å². The van der Waals surface area contributed by atoms with Gasteiger partial charge in [-0.15, -0.1) is 0 Å². The minimum absolute atomic E-state index is 0.889. The highest BCUT2D eigenvalue weighted by Crippen LogP contribution is 2.14. The zero-order valence-corrected chi connectivity index (χ0v) is 8.86. The van der Waals surface area contributed by atoms with Crippen molar-refractivity contribution in [1.29, 1.82) is 0 Å². The molecule has 0 aliphatic carbocycles. The Hall–Kier alpha value is -1.84. The number of amides is 1. The summed E-state index contributed by atoms with van der Waals surface area (Å²) >= 11 is 0. The number of hydrogen-bond donors (Lipinski definition) is 3. The van der Waals surface area contributed by atoms with Crippen LogP contribution in [0.1, 0.15) is 6.42 Å². The fourth-order valence-electron chi connectivity index (χ4n) is 0.870. The van der Waals surface area contributed by atoms with Gasteiger partial charge in [0.1, 0.15) is 19.3 Å². The van der Waals surface area contributed by atoms with Crippen molar-refractivity contribution in [1.82, 2.24) is 5.32 Å². The van der Waals surface area contributed by atoms with Crippen molar-refractivity contribution in [2.45, 2.75) is 18.6 Å². The van der Waals surface area contributed by atoms with E-state index in [1.807, 2.05) is 0 Å². The second kappa shape index (κ2) is 6.79. The molecule has 0 saturated carbocycles. The molecule has 1 atom stereocenters. The molecule has 0 fully saturated rings. The van der Waals surface area contributed by atoms with E-state index in [0.717, 1.165) is 0 Å². The molecule has 18 heavy (non-hydrogen) atoms. The highest BCUT2D eigenvalue weighted by atomic mass is 19.4. The summed E-state index contributed by atoms with van der Waals surface area (Å²) in [6, 6.07) is -1.72. The molecule has 0 aromatic rings. The summed E-state index contributed by atoms with van der Waals surface area (Å²) in [6.07, 6.45) is -5.49. The molecule has 3 N–H and O–H groups in total. The summed E-state index contributed by atoms with van der Waals surface area (Å²) < 4.78 is 38.9. The van der Waals surface area contributed by atoms with E-state index >= 15 is 0 Å². The molecule has 0 aromatic carbocycles. The smallest absolute Gasteiger partial charge is 0.411 e. The van der Waals surface area contributed by atoms with Gasteiger partial charge in [-0.2, -0.15) is 13.2 Å². The molecular weight excluding hydrogens is 263 g/mol. The molecule has 0 aliphatic heterocycles. The fraction of sp³-hybridized carbons (Fsp3) is 0.625.